The van der Waals surface area contributed by atoms with Crippen LogP contribution in [0.3, 0.4) is 0 Å². The predicted octanol–water partition coefficient (Wildman–Crippen LogP) is 4.86. The van der Waals surface area contributed by atoms with Crippen molar-refractivity contribution in [2.75, 3.05) is 5.73 Å². The smallest absolute Gasteiger partial charge is 0.205 e. The molecule has 1 unspecified atom stereocenters. The van der Waals surface area contributed by atoms with Crippen molar-refractivity contribution in [3.05, 3.63) is 95.6 Å². The third kappa shape index (κ3) is 4.96. The average Bonchev–Trinajstić information content (AvgIpc) is 3.56. The molecule has 2 heterocycles. The summed E-state index contributed by atoms with van der Waals surface area (Å²) in [6.45, 7) is 4.91. The van der Waals surface area contributed by atoms with E-state index in [-0.39, 0.29) is 5.92 Å². The van der Waals surface area contributed by atoms with Crippen molar-refractivity contribution >= 4 is 5.69 Å². The van der Waals surface area contributed by atoms with Gasteiger partial charge in [-0.15, -0.1) is 10.2 Å². The molecule has 0 saturated heterocycles. The van der Waals surface area contributed by atoms with E-state index in [0.717, 1.165) is 51.6 Å². The van der Waals surface area contributed by atoms with E-state index in [4.69, 9.17) is 15.8 Å². The van der Waals surface area contributed by atoms with Gasteiger partial charge >= 0.3 is 0 Å². The van der Waals surface area contributed by atoms with Crippen LogP contribution in [0.4, 0.5) is 5.69 Å². The van der Waals surface area contributed by atoms with Gasteiger partial charge in [0, 0.05) is 23.6 Å². The number of benzene rings is 3. The van der Waals surface area contributed by atoms with E-state index in [1.54, 1.807) is 0 Å². The lowest BCUT2D eigenvalue weighted by Crippen LogP contribution is -2.08. The highest BCUT2D eigenvalue weighted by atomic mass is 15.5. The normalized spacial score (nSPS) is 12.1. The van der Waals surface area contributed by atoms with Crippen molar-refractivity contribution in [1.29, 1.82) is 0 Å². The summed E-state index contributed by atoms with van der Waals surface area (Å²) in [5, 5.41) is 19.7. The molecule has 1 atom stereocenters. The fraction of sp³-hybridized carbons (Fsp3) is 0.222. The van der Waals surface area contributed by atoms with Crippen LogP contribution in [0.1, 0.15) is 49.0 Å². The van der Waals surface area contributed by atoms with E-state index in [1.165, 1.54) is 0 Å². The van der Waals surface area contributed by atoms with Gasteiger partial charge in [0.1, 0.15) is 5.82 Å². The average molecular weight is 465 g/mol. The second-order valence-electron chi connectivity index (χ2n) is 8.75. The number of nitrogen functional groups attached to an aromatic ring is 1. The molecule has 2 aromatic heterocycles. The summed E-state index contributed by atoms with van der Waals surface area (Å²) in [6, 6.07) is 24.5. The van der Waals surface area contributed by atoms with E-state index in [2.05, 4.69) is 64.8 Å². The number of hydrogen-bond donors (Lipinski definition) is 2. The standard InChI is InChI=1S/C27H28N8/c1-3-18(2)26-29-25(16-19-9-12-22(28)13-10-19)35(32-26)17-20-11-14-23(21-7-5-4-6-8-21)24(15-20)27-30-33-34-31-27/h4-15,18H,3,16-17,28H2,1-2H3,(H,30,31,33,34). The number of aromatic nitrogens is 7. The highest BCUT2D eigenvalue weighted by Gasteiger charge is 2.17. The molecule has 0 spiro atoms. The first kappa shape index (κ1) is 22.5. The molecule has 8 heteroatoms. The third-order valence-corrected chi connectivity index (χ3v) is 6.25. The molecule has 0 aliphatic rings. The van der Waals surface area contributed by atoms with E-state index >= 15 is 0 Å². The molecule has 5 rings (SSSR count). The minimum Gasteiger partial charge on any atom is -0.399 e. The molecule has 176 valence electrons. The Bertz CT molecular complexity index is 1390. The zero-order valence-electron chi connectivity index (χ0n) is 19.9. The Labute approximate surface area is 204 Å². The minimum atomic E-state index is 0.289. The number of aromatic amines is 1. The van der Waals surface area contributed by atoms with Crippen molar-refractivity contribution in [3.8, 4) is 22.5 Å². The summed E-state index contributed by atoms with van der Waals surface area (Å²) in [5.41, 5.74) is 11.9. The van der Waals surface area contributed by atoms with Crippen LogP contribution in [0.15, 0.2) is 72.8 Å². The van der Waals surface area contributed by atoms with Crippen LogP contribution in [0.25, 0.3) is 22.5 Å². The highest BCUT2D eigenvalue weighted by Crippen LogP contribution is 2.31. The van der Waals surface area contributed by atoms with Gasteiger partial charge in [-0.3, -0.25) is 0 Å². The number of nitrogens with two attached hydrogens (primary N) is 1. The number of tetrazole rings is 1. The Hall–Kier alpha value is -4.33. The van der Waals surface area contributed by atoms with E-state index < -0.39 is 0 Å². The number of H-pyrrole nitrogens is 1. The highest BCUT2D eigenvalue weighted by molar-refractivity contribution is 5.80. The molecular formula is C27H28N8. The quantitative estimate of drug-likeness (QED) is 0.317. The number of nitrogens with zero attached hydrogens (tertiary/aromatic N) is 6. The summed E-state index contributed by atoms with van der Waals surface area (Å²) in [5.74, 6) is 2.65. The maximum atomic E-state index is 5.87. The van der Waals surface area contributed by atoms with Crippen molar-refractivity contribution in [1.82, 2.24) is 35.4 Å². The van der Waals surface area contributed by atoms with Crippen molar-refractivity contribution in [3.63, 3.8) is 0 Å². The van der Waals surface area contributed by atoms with E-state index in [0.29, 0.717) is 18.8 Å². The van der Waals surface area contributed by atoms with Gasteiger partial charge in [0.05, 0.1) is 6.54 Å². The molecule has 5 aromatic rings. The molecule has 0 amide bonds. The molecule has 0 bridgehead atoms. The number of anilines is 1. The van der Waals surface area contributed by atoms with Gasteiger partial charge in [-0.2, -0.15) is 10.3 Å². The topological polar surface area (TPSA) is 111 Å². The lowest BCUT2D eigenvalue weighted by atomic mass is 9.97. The maximum Gasteiger partial charge on any atom is 0.205 e. The Morgan fingerprint density at radius 3 is 2.43 bits per heavy atom. The molecule has 8 nitrogen and oxygen atoms in total. The Morgan fingerprint density at radius 2 is 1.71 bits per heavy atom. The third-order valence-electron chi connectivity index (χ3n) is 6.25. The first-order valence-electron chi connectivity index (χ1n) is 11.8. The van der Waals surface area contributed by atoms with Gasteiger partial charge in [-0.05, 0) is 52.1 Å². The lowest BCUT2D eigenvalue weighted by molar-refractivity contribution is 0.617. The van der Waals surface area contributed by atoms with Crippen LogP contribution in [-0.2, 0) is 13.0 Å². The summed E-state index contributed by atoms with van der Waals surface area (Å²) in [6.07, 6.45) is 1.67. The molecule has 0 aliphatic carbocycles. The lowest BCUT2D eigenvalue weighted by Gasteiger charge is -2.11. The Balaban J connectivity index is 1.52. The maximum absolute atomic E-state index is 5.87. The summed E-state index contributed by atoms with van der Waals surface area (Å²) in [4.78, 5) is 4.91. The predicted molar refractivity (Wildman–Crippen MR) is 137 cm³/mol. The fourth-order valence-electron chi connectivity index (χ4n) is 4.05. The van der Waals surface area contributed by atoms with Gasteiger partial charge in [-0.25, -0.2) is 9.67 Å². The summed E-state index contributed by atoms with van der Waals surface area (Å²) in [7, 11) is 0. The summed E-state index contributed by atoms with van der Waals surface area (Å²) < 4.78 is 2.01. The van der Waals surface area contributed by atoms with Crippen LogP contribution >= 0.6 is 0 Å². The van der Waals surface area contributed by atoms with Crippen LogP contribution < -0.4 is 5.73 Å². The zero-order chi connectivity index (χ0) is 24.2. The number of nitrogens with one attached hydrogen (secondary N) is 1. The first-order chi connectivity index (χ1) is 17.1. The van der Waals surface area contributed by atoms with Gasteiger partial charge in [-0.1, -0.05) is 68.4 Å². The molecule has 0 radical (unpaired) electrons. The van der Waals surface area contributed by atoms with Gasteiger partial charge in [0.2, 0.25) is 5.82 Å². The monoisotopic (exact) mass is 464 g/mol. The van der Waals surface area contributed by atoms with Gasteiger partial charge in [0.25, 0.3) is 0 Å². The van der Waals surface area contributed by atoms with Crippen molar-refractivity contribution in [2.24, 2.45) is 0 Å². The van der Waals surface area contributed by atoms with Gasteiger partial charge < -0.3 is 5.73 Å². The molecule has 35 heavy (non-hydrogen) atoms. The largest absolute Gasteiger partial charge is 0.399 e. The SMILES string of the molecule is CCC(C)c1nc(Cc2ccc(N)cc2)n(Cc2ccc(-c3ccccc3)c(-c3nn[nH]n3)c2)n1. The van der Waals surface area contributed by atoms with Crippen LogP contribution in [0.5, 0.6) is 0 Å². The van der Waals surface area contributed by atoms with Crippen LogP contribution in [-0.4, -0.2) is 35.4 Å². The number of rotatable bonds is 8. The van der Waals surface area contributed by atoms with Gasteiger partial charge in [0.15, 0.2) is 5.82 Å². The molecule has 0 aliphatic heterocycles. The zero-order valence-corrected chi connectivity index (χ0v) is 19.9. The molecular weight excluding hydrogens is 436 g/mol. The second-order valence-corrected chi connectivity index (χ2v) is 8.75. The van der Waals surface area contributed by atoms with Crippen LogP contribution in [0.2, 0.25) is 0 Å². The molecule has 0 fully saturated rings. The minimum absolute atomic E-state index is 0.289. The first-order valence-corrected chi connectivity index (χ1v) is 11.8. The van der Waals surface area contributed by atoms with Crippen molar-refractivity contribution < 1.29 is 0 Å². The summed E-state index contributed by atoms with van der Waals surface area (Å²) >= 11 is 0. The van der Waals surface area contributed by atoms with Crippen LogP contribution in [0, 0.1) is 0 Å². The Morgan fingerprint density at radius 1 is 0.943 bits per heavy atom. The molecule has 0 saturated carbocycles. The Kier molecular flexibility index (Phi) is 6.34. The number of hydrogen-bond acceptors (Lipinski definition) is 6. The fourth-order valence-corrected chi connectivity index (χ4v) is 4.05. The molecule has 3 aromatic carbocycles. The van der Waals surface area contributed by atoms with E-state index in [1.807, 2.05) is 47.1 Å². The second kappa shape index (κ2) is 9.89. The van der Waals surface area contributed by atoms with E-state index in [9.17, 15) is 0 Å². The van der Waals surface area contributed by atoms with Crippen molar-refractivity contribution in [2.45, 2.75) is 39.2 Å². The molecule has 3 N–H and O–H groups in total.